The maximum atomic E-state index is 12.6. The molecule has 0 saturated carbocycles. The van der Waals surface area contributed by atoms with E-state index in [4.69, 9.17) is 18.9 Å². The van der Waals surface area contributed by atoms with E-state index in [1.54, 1.807) is 44.4 Å². The zero-order valence-corrected chi connectivity index (χ0v) is 17.0. The molecule has 3 rings (SSSR count). The van der Waals surface area contributed by atoms with Crippen molar-refractivity contribution in [3.8, 4) is 23.0 Å². The Kier molecular flexibility index (Phi) is 5.95. The maximum Gasteiger partial charge on any atom is 0.321 e. The van der Waals surface area contributed by atoms with E-state index >= 15 is 0 Å². The zero-order chi connectivity index (χ0) is 19.4. The molecule has 1 N–H and O–H groups in total. The van der Waals surface area contributed by atoms with Crippen LogP contribution in [0.2, 0.25) is 0 Å². The molecule has 0 aromatic heterocycles. The zero-order valence-electron chi connectivity index (χ0n) is 15.4. The Balaban J connectivity index is 1.71. The van der Waals surface area contributed by atoms with Crippen molar-refractivity contribution in [3.63, 3.8) is 0 Å². The number of halogens is 1. The number of amides is 2. The first kappa shape index (κ1) is 19.2. The molecule has 7 nitrogen and oxygen atoms in total. The van der Waals surface area contributed by atoms with Gasteiger partial charge in [0.2, 0.25) is 0 Å². The highest BCUT2D eigenvalue weighted by molar-refractivity contribution is 9.10. The number of hydrogen-bond acceptors (Lipinski definition) is 5. The van der Waals surface area contributed by atoms with Crippen molar-refractivity contribution in [1.82, 2.24) is 4.90 Å². The minimum absolute atomic E-state index is 0.259. The van der Waals surface area contributed by atoms with Crippen molar-refractivity contribution in [1.29, 1.82) is 0 Å². The lowest BCUT2D eigenvalue weighted by Gasteiger charge is -2.22. The average Bonchev–Trinajstić information content (AvgIpc) is 2.68. The van der Waals surface area contributed by atoms with E-state index in [0.29, 0.717) is 48.4 Å². The number of methoxy groups -OCH3 is 2. The van der Waals surface area contributed by atoms with Gasteiger partial charge in [-0.1, -0.05) is 0 Å². The number of rotatable bonds is 5. The summed E-state index contributed by atoms with van der Waals surface area (Å²) in [6, 6.07) is 8.78. The second-order valence-corrected chi connectivity index (χ2v) is 6.79. The molecular formula is C19H21BrN2O5. The first-order chi connectivity index (χ1) is 13.0. The van der Waals surface area contributed by atoms with Crippen LogP contribution in [0, 0.1) is 0 Å². The Bertz CT molecular complexity index is 843. The number of carbonyl (C=O) groups is 1. The quantitative estimate of drug-likeness (QED) is 0.769. The highest BCUT2D eigenvalue weighted by atomic mass is 79.9. The van der Waals surface area contributed by atoms with Crippen LogP contribution in [-0.2, 0) is 6.54 Å². The topological polar surface area (TPSA) is 69.3 Å². The Morgan fingerprint density at radius 1 is 1.15 bits per heavy atom. The second kappa shape index (κ2) is 8.39. The van der Waals surface area contributed by atoms with Gasteiger partial charge in [-0.3, -0.25) is 0 Å². The molecule has 0 radical (unpaired) electrons. The fourth-order valence-electron chi connectivity index (χ4n) is 2.68. The van der Waals surface area contributed by atoms with Crippen LogP contribution in [0.1, 0.15) is 5.56 Å². The van der Waals surface area contributed by atoms with Crippen LogP contribution in [0.25, 0.3) is 0 Å². The van der Waals surface area contributed by atoms with Gasteiger partial charge in [-0.15, -0.1) is 0 Å². The number of benzene rings is 2. The number of urea groups is 1. The van der Waals surface area contributed by atoms with Gasteiger partial charge < -0.3 is 29.2 Å². The Hall–Kier alpha value is -2.61. The van der Waals surface area contributed by atoms with Crippen molar-refractivity contribution in [2.24, 2.45) is 0 Å². The van der Waals surface area contributed by atoms with E-state index < -0.39 is 0 Å². The van der Waals surface area contributed by atoms with E-state index in [-0.39, 0.29) is 6.03 Å². The SMILES string of the molecule is COc1ccc(CN(C)C(=O)Nc2cc3c(cc2Br)OCCO3)c(OC)c1. The van der Waals surface area contributed by atoms with Crippen molar-refractivity contribution in [2.75, 3.05) is 39.8 Å². The number of ether oxygens (including phenoxy) is 4. The minimum atomic E-state index is -0.259. The van der Waals surface area contributed by atoms with Crippen LogP contribution in [0.5, 0.6) is 23.0 Å². The summed E-state index contributed by atoms with van der Waals surface area (Å²) in [4.78, 5) is 14.2. The van der Waals surface area contributed by atoms with Crippen LogP contribution in [-0.4, -0.2) is 45.4 Å². The Morgan fingerprint density at radius 2 is 1.85 bits per heavy atom. The molecule has 1 heterocycles. The molecule has 2 aromatic carbocycles. The number of hydrogen-bond donors (Lipinski definition) is 1. The molecule has 8 heteroatoms. The fourth-order valence-corrected chi connectivity index (χ4v) is 3.10. The number of nitrogens with one attached hydrogen (secondary N) is 1. The summed E-state index contributed by atoms with van der Waals surface area (Å²) in [7, 11) is 4.90. The number of nitrogens with zero attached hydrogens (tertiary/aromatic N) is 1. The van der Waals surface area contributed by atoms with Gasteiger partial charge in [0.1, 0.15) is 24.7 Å². The minimum Gasteiger partial charge on any atom is -0.497 e. The molecule has 0 saturated heterocycles. The molecule has 0 aliphatic carbocycles. The van der Waals surface area contributed by atoms with E-state index in [1.165, 1.54) is 0 Å². The molecule has 0 fully saturated rings. The summed E-state index contributed by atoms with van der Waals surface area (Å²) in [6.07, 6.45) is 0. The largest absolute Gasteiger partial charge is 0.497 e. The average molecular weight is 437 g/mol. The van der Waals surface area contributed by atoms with Gasteiger partial charge in [-0.05, 0) is 28.1 Å². The number of carbonyl (C=O) groups excluding carboxylic acids is 1. The molecule has 2 aromatic rings. The fraction of sp³-hybridized carbons (Fsp3) is 0.316. The molecule has 27 heavy (non-hydrogen) atoms. The first-order valence-electron chi connectivity index (χ1n) is 8.34. The number of anilines is 1. The van der Waals surface area contributed by atoms with Crippen LogP contribution in [0.3, 0.4) is 0 Å². The van der Waals surface area contributed by atoms with Gasteiger partial charge in [-0.25, -0.2) is 4.79 Å². The molecule has 0 unspecified atom stereocenters. The highest BCUT2D eigenvalue weighted by Gasteiger charge is 2.18. The maximum absolute atomic E-state index is 12.6. The van der Waals surface area contributed by atoms with E-state index in [1.807, 2.05) is 12.1 Å². The first-order valence-corrected chi connectivity index (χ1v) is 9.13. The van der Waals surface area contributed by atoms with Crippen LogP contribution < -0.4 is 24.3 Å². The number of fused-ring (bicyclic) bond motifs is 1. The smallest absolute Gasteiger partial charge is 0.321 e. The summed E-state index contributed by atoms with van der Waals surface area (Å²) in [6.45, 7) is 1.37. The summed E-state index contributed by atoms with van der Waals surface area (Å²) < 4.78 is 22.4. The summed E-state index contributed by atoms with van der Waals surface area (Å²) >= 11 is 3.46. The van der Waals surface area contributed by atoms with Gasteiger partial charge in [-0.2, -0.15) is 0 Å². The Morgan fingerprint density at radius 3 is 2.52 bits per heavy atom. The lowest BCUT2D eigenvalue weighted by atomic mass is 10.2. The lowest BCUT2D eigenvalue weighted by Crippen LogP contribution is -2.31. The van der Waals surface area contributed by atoms with Gasteiger partial charge >= 0.3 is 6.03 Å². The highest BCUT2D eigenvalue weighted by Crippen LogP contribution is 2.38. The molecular weight excluding hydrogens is 416 g/mol. The predicted octanol–water partition coefficient (Wildman–Crippen LogP) is 3.90. The van der Waals surface area contributed by atoms with Crippen molar-refractivity contribution in [2.45, 2.75) is 6.54 Å². The molecule has 1 aliphatic heterocycles. The van der Waals surface area contributed by atoms with E-state index in [0.717, 1.165) is 10.0 Å². The van der Waals surface area contributed by atoms with Gasteiger partial charge in [0.25, 0.3) is 0 Å². The second-order valence-electron chi connectivity index (χ2n) is 5.94. The normalized spacial score (nSPS) is 12.3. The van der Waals surface area contributed by atoms with Crippen molar-refractivity contribution >= 4 is 27.6 Å². The summed E-state index contributed by atoms with van der Waals surface area (Å²) in [5, 5.41) is 2.88. The lowest BCUT2D eigenvalue weighted by molar-refractivity contribution is 0.171. The van der Waals surface area contributed by atoms with Crippen molar-refractivity contribution < 1.29 is 23.7 Å². The summed E-state index contributed by atoms with van der Waals surface area (Å²) in [5.41, 5.74) is 1.48. The standard InChI is InChI=1S/C19H21BrN2O5/c1-22(11-12-4-5-13(24-2)8-16(12)25-3)19(23)21-15-10-18-17(9-14(15)20)26-6-7-27-18/h4-5,8-10H,6-7,11H2,1-3H3,(H,21,23). The molecule has 0 atom stereocenters. The van der Waals surface area contributed by atoms with Crippen molar-refractivity contribution in [3.05, 3.63) is 40.4 Å². The van der Waals surface area contributed by atoms with Gasteiger partial charge in [0, 0.05) is 35.3 Å². The monoisotopic (exact) mass is 436 g/mol. The van der Waals surface area contributed by atoms with Crippen LogP contribution >= 0.6 is 15.9 Å². The third-order valence-electron chi connectivity index (χ3n) is 4.12. The third kappa shape index (κ3) is 4.39. The molecule has 1 aliphatic rings. The van der Waals surface area contributed by atoms with Crippen LogP contribution in [0.4, 0.5) is 10.5 Å². The van der Waals surface area contributed by atoms with Gasteiger partial charge in [0.05, 0.1) is 26.5 Å². The molecule has 0 spiro atoms. The predicted molar refractivity (Wildman–Crippen MR) is 105 cm³/mol. The Labute approximate surface area is 166 Å². The summed E-state index contributed by atoms with van der Waals surface area (Å²) in [5.74, 6) is 2.62. The third-order valence-corrected chi connectivity index (χ3v) is 4.78. The van der Waals surface area contributed by atoms with E-state index in [9.17, 15) is 4.79 Å². The molecule has 144 valence electrons. The van der Waals surface area contributed by atoms with Gasteiger partial charge in [0.15, 0.2) is 11.5 Å². The molecule has 2 amide bonds. The van der Waals surface area contributed by atoms with E-state index in [2.05, 4.69) is 21.2 Å². The molecule has 0 bridgehead atoms. The van der Waals surface area contributed by atoms with Crippen LogP contribution in [0.15, 0.2) is 34.8 Å².